The summed E-state index contributed by atoms with van der Waals surface area (Å²) in [5.74, 6) is 0. The normalized spacial score (nSPS) is 10.7. The Morgan fingerprint density at radius 3 is 2.50 bits per heavy atom. The molecule has 0 spiro atoms. The molecule has 3 heteroatoms. The molecule has 0 saturated heterocycles. The summed E-state index contributed by atoms with van der Waals surface area (Å²) in [4.78, 5) is 5.71. The molecule has 1 aromatic heterocycles. The third-order valence-corrected chi connectivity index (χ3v) is 3.71. The Balaban J connectivity index is 2.45. The van der Waals surface area contributed by atoms with Gasteiger partial charge in [0.25, 0.3) is 0 Å². The van der Waals surface area contributed by atoms with Gasteiger partial charge >= 0.3 is 0 Å². The maximum absolute atomic E-state index is 9.11. The molecule has 0 fully saturated rings. The summed E-state index contributed by atoms with van der Waals surface area (Å²) in [6.07, 6.45) is 0.959. The fourth-order valence-electron chi connectivity index (χ4n) is 1.64. The SMILES string of the molecule is CCc1sc(CO)nc1-c1ccc(C)cc1. The van der Waals surface area contributed by atoms with Crippen molar-refractivity contribution in [2.45, 2.75) is 26.9 Å². The summed E-state index contributed by atoms with van der Waals surface area (Å²) in [6.45, 7) is 4.22. The third kappa shape index (κ3) is 2.15. The highest BCUT2D eigenvalue weighted by Gasteiger charge is 2.10. The molecule has 16 heavy (non-hydrogen) atoms. The van der Waals surface area contributed by atoms with Gasteiger partial charge in [-0.05, 0) is 13.3 Å². The van der Waals surface area contributed by atoms with Crippen molar-refractivity contribution < 1.29 is 5.11 Å². The first-order valence-electron chi connectivity index (χ1n) is 5.41. The van der Waals surface area contributed by atoms with Crippen LogP contribution in [0.4, 0.5) is 0 Å². The maximum Gasteiger partial charge on any atom is 0.119 e. The minimum absolute atomic E-state index is 0.0313. The molecular weight excluding hydrogens is 218 g/mol. The number of rotatable bonds is 3. The molecule has 0 amide bonds. The summed E-state index contributed by atoms with van der Waals surface area (Å²) in [7, 11) is 0. The molecule has 2 aromatic rings. The number of thiazole rings is 1. The summed E-state index contributed by atoms with van der Waals surface area (Å²) in [5.41, 5.74) is 3.41. The van der Waals surface area contributed by atoms with E-state index < -0.39 is 0 Å². The minimum atomic E-state index is 0.0313. The van der Waals surface area contributed by atoms with Gasteiger partial charge in [0.15, 0.2) is 0 Å². The fraction of sp³-hybridized carbons (Fsp3) is 0.308. The number of aryl methyl sites for hydroxylation is 2. The van der Waals surface area contributed by atoms with Crippen molar-refractivity contribution in [3.63, 3.8) is 0 Å². The summed E-state index contributed by atoms with van der Waals surface area (Å²) in [6, 6.07) is 8.36. The number of aliphatic hydroxyl groups excluding tert-OH is 1. The molecule has 0 aliphatic rings. The van der Waals surface area contributed by atoms with E-state index in [-0.39, 0.29) is 6.61 Å². The number of hydrogen-bond donors (Lipinski definition) is 1. The predicted octanol–water partition coefficient (Wildman–Crippen LogP) is 3.17. The Labute approximate surface area is 99.6 Å². The van der Waals surface area contributed by atoms with Crippen LogP contribution < -0.4 is 0 Å². The smallest absolute Gasteiger partial charge is 0.119 e. The lowest BCUT2D eigenvalue weighted by atomic mass is 10.1. The molecule has 1 heterocycles. The molecule has 0 aliphatic heterocycles. The molecule has 2 rings (SSSR count). The zero-order chi connectivity index (χ0) is 11.5. The minimum Gasteiger partial charge on any atom is -0.389 e. The van der Waals surface area contributed by atoms with Gasteiger partial charge in [-0.25, -0.2) is 4.98 Å². The number of aromatic nitrogens is 1. The van der Waals surface area contributed by atoms with Crippen LogP contribution in [0.2, 0.25) is 0 Å². The van der Waals surface area contributed by atoms with E-state index in [0.29, 0.717) is 0 Å². The number of nitrogens with zero attached hydrogens (tertiary/aromatic N) is 1. The molecule has 0 atom stereocenters. The monoisotopic (exact) mass is 233 g/mol. The van der Waals surface area contributed by atoms with Crippen LogP contribution in [0.1, 0.15) is 22.4 Å². The first-order valence-corrected chi connectivity index (χ1v) is 6.22. The lowest BCUT2D eigenvalue weighted by molar-refractivity contribution is 0.281. The second-order valence-electron chi connectivity index (χ2n) is 3.76. The van der Waals surface area contributed by atoms with E-state index >= 15 is 0 Å². The average Bonchev–Trinajstić information content (AvgIpc) is 2.73. The van der Waals surface area contributed by atoms with Gasteiger partial charge in [0.1, 0.15) is 5.01 Å². The molecule has 1 N–H and O–H groups in total. The van der Waals surface area contributed by atoms with Gasteiger partial charge in [0.05, 0.1) is 12.3 Å². The van der Waals surface area contributed by atoms with Gasteiger partial charge in [-0.3, -0.25) is 0 Å². The van der Waals surface area contributed by atoms with Gasteiger partial charge in [-0.2, -0.15) is 0 Å². The van der Waals surface area contributed by atoms with E-state index in [1.807, 2.05) is 0 Å². The molecule has 0 radical (unpaired) electrons. The Bertz CT molecular complexity index is 473. The van der Waals surface area contributed by atoms with Gasteiger partial charge in [0, 0.05) is 10.4 Å². The van der Waals surface area contributed by atoms with Crippen LogP contribution in [-0.4, -0.2) is 10.1 Å². The van der Waals surface area contributed by atoms with Gasteiger partial charge in [0.2, 0.25) is 0 Å². The van der Waals surface area contributed by atoms with Crippen LogP contribution in [0, 0.1) is 6.92 Å². The van der Waals surface area contributed by atoms with Crippen molar-refractivity contribution in [1.82, 2.24) is 4.98 Å². The van der Waals surface area contributed by atoms with Crippen LogP contribution >= 0.6 is 11.3 Å². The first-order chi connectivity index (χ1) is 7.74. The highest BCUT2D eigenvalue weighted by molar-refractivity contribution is 7.12. The van der Waals surface area contributed by atoms with E-state index in [9.17, 15) is 0 Å². The number of aliphatic hydroxyl groups is 1. The van der Waals surface area contributed by atoms with Crippen molar-refractivity contribution in [2.75, 3.05) is 0 Å². The van der Waals surface area contributed by atoms with Crippen LogP contribution in [-0.2, 0) is 13.0 Å². The molecule has 84 valence electrons. The number of benzene rings is 1. The van der Waals surface area contributed by atoms with Crippen LogP contribution in [0.5, 0.6) is 0 Å². The van der Waals surface area contributed by atoms with Crippen molar-refractivity contribution in [3.05, 3.63) is 39.7 Å². The molecule has 0 saturated carbocycles. The van der Waals surface area contributed by atoms with E-state index in [4.69, 9.17) is 5.11 Å². The second kappa shape index (κ2) is 4.76. The van der Waals surface area contributed by atoms with Crippen LogP contribution in [0.25, 0.3) is 11.3 Å². The van der Waals surface area contributed by atoms with Crippen molar-refractivity contribution in [1.29, 1.82) is 0 Å². The van der Waals surface area contributed by atoms with E-state index in [2.05, 4.69) is 43.1 Å². The third-order valence-electron chi connectivity index (χ3n) is 2.52. The standard InChI is InChI=1S/C13H15NOS/c1-3-11-13(14-12(8-15)16-11)10-6-4-9(2)5-7-10/h4-7,15H,3,8H2,1-2H3. The van der Waals surface area contributed by atoms with Crippen molar-refractivity contribution >= 4 is 11.3 Å². The summed E-state index contributed by atoms with van der Waals surface area (Å²) >= 11 is 1.60. The first kappa shape index (κ1) is 11.3. The molecule has 0 aliphatic carbocycles. The molecule has 0 unspecified atom stereocenters. The molecular formula is C13H15NOS. The molecule has 2 nitrogen and oxygen atoms in total. The van der Waals surface area contributed by atoms with Crippen molar-refractivity contribution in [3.8, 4) is 11.3 Å². The Kier molecular flexibility index (Phi) is 3.36. The average molecular weight is 233 g/mol. The summed E-state index contributed by atoms with van der Waals surface area (Å²) < 4.78 is 0. The maximum atomic E-state index is 9.11. The molecule has 1 aromatic carbocycles. The Morgan fingerprint density at radius 2 is 1.94 bits per heavy atom. The fourth-order valence-corrected chi connectivity index (χ4v) is 2.54. The lowest BCUT2D eigenvalue weighted by Gasteiger charge is -2.00. The van der Waals surface area contributed by atoms with Crippen LogP contribution in [0.3, 0.4) is 0 Å². The largest absolute Gasteiger partial charge is 0.389 e. The summed E-state index contributed by atoms with van der Waals surface area (Å²) in [5, 5.41) is 9.91. The highest BCUT2D eigenvalue weighted by Crippen LogP contribution is 2.28. The lowest BCUT2D eigenvalue weighted by Crippen LogP contribution is -1.85. The van der Waals surface area contributed by atoms with E-state index in [0.717, 1.165) is 22.7 Å². The van der Waals surface area contributed by atoms with Crippen LogP contribution in [0.15, 0.2) is 24.3 Å². The quantitative estimate of drug-likeness (QED) is 0.883. The van der Waals surface area contributed by atoms with Crippen molar-refractivity contribution in [2.24, 2.45) is 0 Å². The highest BCUT2D eigenvalue weighted by atomic mass is 32.1. The van der Waals surface area contributed by atoms with Gasteiger partial charge in [-0.15, -0.1) is 11.3 Å². The van der Waals surface area contributed by atoms with Gasteiger partial charge < -0.3 is 5.11 Å². The Hall–Kier alpha value is -1.19. The zero-order valence-electron chi connectivity index (χ0n) is 9.53. The van der Waals surface area contributed by atoms with Gasteiger partial charge in [-0.1, -0.05) is 36.8 Å². The number of hydrogen-bond acceptors (Lipinski definition) is 3. The van der Waals surface area contributed by atoms with E-state index in [1.165, 1.54) is 10.4 Å². The topological polar surface area (TPSA) is 33.1 Å². The Morgan fingerprint density at radius 1 is 1.25 bits per heavy atom. The van der Waals surface area contributed by atoms with E-state index in [1.54, 1.807) is 11.3 Å². The molecule has 0 bridgehead atoms. The predicted molar refractivity (Wildman–Crippen MR) is 67.6 cm³/mol. The second-order valence-corrected chi connectivity index (χ2v) is 4.93. The zero-order valence-corrected chi connectivity index (χ0v) is 10.3.